The first kappa shape index (κ1) is 20.7. The number of carbonyl (C=O) groups is 1. The smallest absolute Gasteiger partial charge is 0.242 e. The van der Waals surface area contributed by atoms with Gasteiger partial charge in [0.2, 0.25) is 5.91 Å². The van der Waals surface area contributed by atoms with Gasteiger partial charge in [-0.3, -0.25) is 9.78 Å². The number of imidazole rings is 1. The maximum absolute atomic E-state index is 13.0. The minimum atomic E-state index is -0.244. The Balaban J connectivity index is 1.28. The molecule has 0 aliphatic carbocycles. The van der Waals surface area contributed by atoms with Crippen LogP contribution in [0.4, 0.5) is 0 Å². The lowest BCUT2D eigenvalue weighted by Crippen LogP contribution is -2.43. The molecule has 1 saturated heterocycles. The first-order valence-corrected chi connectivity index (χ1v) is 11.0. The molecule has 0 radical (unpaired) electrons. The number of nitrogens with zero attached hydrogens (tertiary/aromatic N) is 4. The summed E-state index contributed by atoms with van der Waals surface area (Å²) in [6.45, 7) is 1.81. The van der Waals surface area contributed by atoms with Gasteiger partial charge in [-0.25, -0.2) is 4.98 Å². The molecule has 0 N–H and O–H groups in total. The van der Waals surface area contributed by atoms with Crippen LogP contribution in [-0.4, -0.2) is 45.0 Å². The molecule has 1 fully saturated rings. The van der Waals surface area contributed by atoms with Gasteiger partial charge >= 0.3 is 0 Å². The first-order valence-electron chi connectivity index (χ1n) is 10.7. The molecule has 3 heterocycles. The second kappa shape index (κ2) is 9.10. The number of hydrogen-bond donors (Lipinski definition) is 0. The number of aromatic nitrogens is 3. The van der Waals surface area contributed by atoms with Crippen LogP contribution in [0.3, 0.4) is 0 Å². The average Bonchev–Trinajstić information content (AvgIpc) is 3.22. The molecule has 2 aromatic heterocycles. The highest BCUT2D eigenvalue weighted by Crippen LogP contribution is 2.23. The van der Waals surface area contributed by atoms with Gasteiger partial charge in [-0.05, 0) is 42.0 Å². The predicted molar refractivity (Wildman–Crippen MR) is 124 cm³/mol. The summed E-state index contributed by atoms with van der Waals surface area (Å²) in [7, 11) is 0. The summed E-state index contributed by atoms with van der Waals surface area (Å²) in [4.78, 5) is 24.1. The minimum Gasteiger partial charge on any atom is -0.368 e. The predicted octanol–water partition coefficient (Wildman–Crippen LogP) is 4.28. The third-order valence-corrected chi connectivity index (χ3v) is 5.92. The van der Waals surface area contributed by atoms with Crippen molar-refractivity contribution in [1.29, 1.82) is 0 Å². The van der Waals surface area contributed by atoms with Crippen molar-refractivity contribution in [2.75, 3.05) is 19.7 Å². The van der Waals surface area contributed by atoms with Crippen LogP contribution in [0.5, 0.6) is 0 Å². The molecule has 4 aromatic rings. The van der Waals surface area contributed by atoms with Crippen molar-refractivity contribution in [2.45, 2.75) is 19.1 Å². The van der Waals surface area contributed by atoms with E-state index in [-0.39, 0.29) is 18.6 Å². The maximum atomic E-state index is 13.0. The van der Waals surface area contributed by atoms with Gasteiger partial charge in [0.05, 0.1) is 36.2 Å². The van der Waals surface area contributed by atoms with E-state index in [9.17, 15) is 4.79 Å². The molecular weight excluding hydrogens is 424 g/mol. The van der Waals surface area contributed by atoms with Crippen LogP contribution in [0.2, 0.25) is 5.02 Å². The van der Waals surface area contributed by atoms with Gasteiger partial charge in [0.15, 0.2) is 0 Å². The van der Waals surface area contributed by atoms with E-state index in [1.54, 1.807) is 6.33 Å². The van der Waals surface area contributed by atoms with E-state index in [4.69, 9.17) is 21.3 Å². The van der Waals surface area contributed by atoms with Crippen molar-refractivity contribution < 1.29 is 9.53 Å². The fourth-order valence-electron chi connectivity index (χ4n) is 4.07. The molecule has 32 heavy (non-hydrogen) atoms. The number of pyridine rings is 1. The van der Waals surface area contributed by atoms with Crippen LogP contribution < -0.4 is 0 Å². The van der Waals surface area contributed by atoms with Crippen molar-refractivity contribution in [3.05, 3.63) is 95.0 Å². The van der Waals surface area contributed by atoms with Crippen molar-refractivity contribution in [3.8, 4) is 0 Å². The summed E-state index contributed by atoms with van der Waals surface area (Å²) in [5, 5.41) is 0.717. The summed E-state index contributed by atoms with van der Waals surface area (Å²) in [6.07, 6.45) is 2.17. The highest BCUT2D eigenvalue weighted by molar-refractivity contribution is 6.30. The van der Waals surface area contributed by atoms with Gasteiger partial charge in [-0.1, -0.05) is 41.9 Å². The molecule has 1 amide bonds. The highest BCUT2D eigenvalue weighted by Gasteiger charge is 2.26. The molecule has 1 aliphatic heterocycles. The van der Waals surface area contributed by atoms with Gasteiger partial charge in [0, 0.05) is 23.7 Å². The van der Waals surface area contributed by atoms with Crippen LogP contribution in [0.25, 0.3) is 11.0 Å². The lowest BCUT2D eigenvalue weighted by atomic mass is 10.1. The first-order chi connectivity index (χ1) is 15.7. The van der Waals surface area contributed by atoms with E-state index in [0.717, 1.165) is 28.0 Å². The number of amides is 1. The second-order valence-electron chi connectivity index (χ2n) is 7.92. The van der Waals surface area contributed by atoms with Crippen molar-refractivity contribution >= 4 is 28.5 Å². The fourth-order valence-corrected chi connectivity index (χ4v) is 4.28. The molecule has 0 spiro atoms. The summed E-state index contributed by atoms with van der Waals surface area (Å²) in [6, 6.07) is 21.6. The summed E-state index contributed by atoms with van der Waals surface area (Å²) in [5.74, 6) is 0.0523. The highest BCUT2D eigenvalue weighted by atomic mass is 35.5. The molecule has 1 aliphatic rings. The zero-order chi connectivity index (χ0) is 21.9. The lowest BCUT2D eigenvalue weighted by molar-refractivity contribution is -0.139. The van der Waals surface area contributed by atoms with Gasteiger partial charge < -0.3 is 14.2 Å². The van der Waals surface area contributed by atoms with Crippen molar-refractivity contribution in [2.24, 2.45) is 0 Å². The van der Waals surface area contributed by atoms with Gasteiger partial charge in [-0.2, -0.15) is 0 Å². The van der Waals surface area contributed by atoms with E-state index in [1.807, 2.05) is 76.2 Å². The van der Waals surface area contributed by atoms with Crippen LogP contribution in [0.1, 0.15) is 23.1 Å². The monoisotopic (exact) mass is 446 g/mol. The Hall–Kier alpha value is -3.22. The normalized spacial score (nSPS) is 16.4. The number of fused-ring (bicyclic) bond motifs is 1. The van der Waals surface area contributed by atoms with E-state index in [0.29, 0.717) is 31.1 Å². The lowest BCUT2D eigenvalue weighted by Gasteiger charge is -2.33. The summed E-state index contributed by atoms with van der Waals surface area (Å²) >= 11 is 6.11. The third-order valence-electron chi connectivity index (χ3n) is 5.68. The van der Waals surface area contributed by atoms with Gasteiger partial charge in [-0.15, -0.1) is 0 Å². The minimum absolute atomic E-state index is 0.0523. The van der Waals surface area contributed by atoms with E-state index in [1.165, 1.54) is 0 Å². The van der Waals surface area contributed by atoms with Gasteiger partial charge in [0.1, 0.15) is 12.6 Å². The van der Waals surface area contributed by atoms with Crippen LogP contribution in [-0.2, 0) is 22.5 Å². The fraction of sp³-hybridized carbons (Fsp3) is 0.240. The molecule has 2 aromatic carbocycles. The Bertz CT molecular complexity index is 1260. The molecule has 162 valence electrons. The van der Waals surface area contributed by atoms with Crippen LogP contribution >= 0.6 is 11.6 Å². The third kappa shape index (κ3) is 4.52. The Labute approximate surface area is 191 Å². The molecule has 7 heteroatoms. The Morgan fingerprint density at radius 1 is 1.09 bits per heavy atom. The number of para-hydroxylation sites is 2. The quantitative estimate of drug-likeness (QED) is 0.459. The Kier molecular flexibility index (Phi) is 5.88. The summed E-state index contributed by atoms with van der Waals surface area (Å²) in [5.41, 5.74) is 4.75. The number of hydrogen-bond acceptors (Lipinski definition) is 4. The van der Waals surface area contributed by atoms with Crippen LogP contribution in [0.15, 0.2) is 73.1 Å². The van der Waals surface area contributed by atoms with E-state index in [2.05, 4.69) is 4.98 Å². The number of ether oxygens (including phenoxy) is 1. The zero-order valence-corrected chi connectivity index (χ0v) is 18.3. The molecule has 5 rings (SSSR count). The number of rotatable bonds is 5. The largest absolute Gasteiger partial charge is 0.368 e. The number of halogens is 1. The molecule has 0 unspecified atom stereocenters. The molecule has 0 bridgehead atoms. The SMILES string of the molecule is O=C(Cn1cnc2ccccc21)N1CCO[C@@H](c2cccc(Cc3cccc(Cl)c3)n2)C1. The topological polar surface area (TPSA) is 60.2 Å². The van der Waals surface area contributed by atoms with Crippen LogP contribution in [0, 0.1) is 0 Å². The van der Waals surface area contributed by atoms with E-state index >= 15 is 0 Å². The Morgan fingerprint density at radius 2 is 1.97 bits per heavy atom. The average molecular weight is 447 g/mol. The molecule has 0 saturated carbocycles. The van der Waals surface area contributed by atoms with Gasteiger partial charge in [0.25, 0.3) is 0 Å². The van der Waals surface area contributed by atoms with Crippen molar-refractivity contribution in [3.63, 3.8) is 0 Å². The molecular formula is C25H23ClN4O2. The van der Waals surface area contributed by atoms with E-state index < -0.39 is 0 Å². The maximum Gasteiger partial charge on any atom is 0.242 e. The number of morpholine rings is 1. The number of carbonyl (C=O) groups excluding carboxylic acids is 1. The zero-order valence-electron chi connectivity index (χ0n) is 17.5. The molecule has 1 atom stereocenters. The molecule has 6 nitrogen and oxygen atoms in total. The van der Waals surface area contributed by atoms with Crippen molar-refractivity contribution in [1.82, 2.24) is 19.4 Å². The number of benzene rings is 2. The standard InChI is InChI=1S/C25H23ClN4O2/c26-19-6-3-5-18(13-19)14-20-7-4-9-22(28-20)24-15-29(11-12-32-24)25(31)16-30-17-27-21-8-1-2-10-23(21)30/h1-10,13,17,24H,11-12,14-16H2/t24-/m1/s1. The Morgan fingerprint density at radius 3 is 2.88 bits per heavy atom. The summed E-state index contributed by atoms with van der Waals surface area (Å²) < 4.78 is 7.87. The second-order valence-corrected chi connectivity index (χ2v) is 8.36.